The summed E-state index contributed by atoms with van der Waals surface area (Å²) in [7, 11) is 0. The number of cyclic esters (lactones) is 1. The first kappa shape index (κ1) is 12.2. The number of carboxylic acid groups (broad SMARTS) is 1. The molecular formula is C13H13NO4. The van der Waals surface area contributed by atoms with Crippen LogP contribution in [0.4, 0.5) is 10.5 Å². The highest BCUT2D eigenvalue weighted by molar-refractivity contribution is 5.89. The number of fused-ring (bicyclic) bond motifs is 1. The van der Waals surface area contributed by atoms with Gasteiger partial charge in [-0.1, -0.05) is 6.07 Å². The van der Waals surface area contributed by atoms with Gasteiger partial charge in [0.1, 0.15) is 5.60 Å². The zero-order valence-electron chi connectivity index (χ0n) is 10.1. The summed E-state index contributed by atoms with van der Waals surface area (Å²) in [6, 6.07) is 5.27. The molecule has 0 aromatic heterocycles. The minimum atomic E-state index is -1.00. The summed E-state index contributed by atoms with van der Waals surface area (Å²) < 4.78 is 5.19. The van der Waals surface area contributed by atoms with Crippen molar-refractivity contribution in [2.45, 2.75) is 19.4 Å². The van der Waals surface area contributed by atoms with E-state index in [9.17, 15) is 9.59 Å². The topological polar surface area (TPSA) is 75.6 Å². The fourth-order valence-electron chi connectivity index (χ4n) is 1.86. The van der Waals surface area contributed by atoms with Crippen molar-refractivity contribution in [2.75, 3.05) is 5.32 Å². The first-order chi connectivity index (χ1) is 8.38. The number of benzene rings is 1. The number of nitrogens with one attached hydrogen (secondary N) is 1. The number of carbonyl (C=O) groups is 2. The Labute approximate surface area is 104 Å². The smallest absolute Gasteiger partial charge is 0.412 e. The third kappa shape index (κ3) is 2.34. The van der Waals surface area contributed by atoms with E-state index in [1.807, 2.05) is 0 Å². The Kier molecular flexibility index (Phi) is 2.82. The molecule has 0 saturated carbocycles. The average molecular weight is 247 g/mol. The molecule has 1 aromatic carbocycles. The Morgan fingerprint density at radius 3 is 2.83 bits per heavy atom. The van der Waals surface area contributed by atoms with Crippen molar-refractivity contribution in [1.29, 1.82) is 0 Å². The van der Waals surface area contributed by atoms with Gasteiger partial charge >= 0.3 is 12.1 Å². The maximum absolute atomic E-state index is 11.3. The minimum Gasteiger partial charge on any atom is -0.478 e. The molecule has 1 heterocycles. The Morgan fingerprint density at radius 1 is 1.44 bits per heavy atom. The fraction of sp³-hybridized carbons (Fsp3) is 0.231. The van der Waals surface area contributed by atoms with Crippen molar-refractivity contribution in [3.05, 3.63) is 35.4 Å². The van der Waals surface area contributed by atoms with Crippen molar-refractivity contribution in [3.8, 4) is 0 Å². The van der Waals surface area contributed by atoms with Crippen molar-refractivity contribution in [2.24, 2.45) is 0 Å². The lowest BCUT2D eigenvalue weighted by Crippen LogP contribution is -2.34. The fourth-order valence-corrected chi connectivity index (χ4v) is 1.86. The van der Waals surface area contributed by atoms with Crippen molar-refractivity contribution >= 4 is 23.8 Å². The van der Waals surface area contributed by atoms with E-state index in [-0.39, 0.29) is 0 Å². The summed E-state index contributed by atoms with van der Waals surface area (Å²) in [6.45, 7) is 3.57. The molecule has 18 heavy (non-hydrogen) atoms. The van der Waals surface area contributed by atoms with Crippen molar-refractivity contribution in [1.82, 2.24) is 0 Å². The van der Waals surface area contributed by atoms with Crippen LogP contribution in [0.5, 0.6) is 0 Å². The normalized spacial score (nSPS) is 16.9. The van der Waals surface area contributed by atoms with Crippen LogP contribution in [0.2, 0.25) is 0 Å². The highest BCUT2D eigenvalue weighted by Crippen LogP contribution is 2.36. The lowest BCUT2D eigenvalue weighted by Gasteiger charge is -2.32. The van der Waals surface area contributed by atoms with E-state index in [4.69, 9.17) is 9.84 Å². The van der Waals surface area contributed by atoms with Crippen LogP contribution in [0.25, 0.3) is 6.08 Å². The lowest BCUT2D eigenvalue weighted by atomic mass is 9.93. The predicted octanol–water partition coefficient (Wildman–Crippen LogP) is 2.58. The summed E-state index contributed by atoms with van der Waals surface area (Å²) in [5, 5.41) is 11.2. The van der Waals surface area contributed by atoms with Gasteiger partial charge in [-0.25, -0.2) is 9.59 Å². The molecule has 0 spiro atoms. The molecular weight excluding hydrogens is 234 g/mol. The molecule has 5 nitrogen and oxygen atoms in total. The maximum atomic E-state index is 11.3. The van der Waals surface area contributed by atoms with Gasteiger partial charge in [-0.3, -0.25) is 5.32 Å². The number of carbonyl (C=O) groups excluding carboxylic acids is 1. The van der Waals surface area contributed by atoms with Gasteiger partial charge in [-0.2, -0.15) is 0 Å². The van der Waals surface area contributed by atoms with Gasteiger partial charge in [-0.05, 0) is 37.6 Å². The first-order valence-corrected chi connectivity index (χ1v) is 5.44. The van der Waals surface area contributed by atoms with Crippen LogP contribution >= 0.6 is 0 Å². The van der Waals surface area contributed by atoms with Gasteiger partial charge < -0.3 is 9.84 Å². The number of carboxylic acids is 1. The van der Waals surface area contributed by atoms with E-state index in [0.717, 1.165) is 17.2 Å². The van der Waals surface area contributed by atoms with Crippen LogP contribution in [0, 0.1) is 0 Å². The molecule has 0 unspecified atom stereocenters. The molecule has 0 saturated heterocycles. The van der Waals surface area contributed by atoms with E-state index >= 15 is 0 Å². The van der Waals surface area contributed by atoms with E-state index in [1.165, 1.54) is 6.08 Å². The number of amides is 1. The Hall–Kier alpha value is -2.30. The number of hydrogen-bond donors (Lipinski definition) is 2. The molecule has 2 rings (SSSR count). The number of ether oxygens (including phenoxy) is 1. The number of anilines is 1. The van der Waals surface area contributed by atoms with Gasteiger partial charge in [0, 0.05) is 11.6 Å². The Morgan fingerprint density at radius 2 is 2.17 bits per heavy atom. The molecule has 0 atom stereocenters. The predicted molar refractivity (Wildman–Crippen MR) is 66.2 cm³/mol. The molecule has 0 fully saturated rings. The molecule has 1 aromatic rings. The van der Waals surface area contributed by atoms with E-state index in [2.05, 4.69) is 5.32 Å². The second-order valence-corrected chi connectivity index (χ2v) is 4.50. The Balaban J connectivity index is 2.42. The van der Waals surface area contributed by atoms with Gasteiger partial charge in [-0.15, -0.1) is 0 Å². The lowest BCUT2D eigenvalue weighted by molar-refractivity contribution is -0.131. The van der Waals surface area contributed by atoms with Crippen molar-refractivity contribution in [3.63, 3.8) is 0 Å². The van der Waals surface area contributed by atoms with Crippen LogP contribution in [-0.4, -0.2) is 17.2 Å². The average Bonchev–Trinajstić information content (AvgIpc) is 2.25. The van der Waals surface area contributed by atoms with E-state index in [1.54, 1.807) is 32.0 Å². The molecule has 1 aliphatic rings. The van der Waals surface area contributed by atoms with Gasteiger partial charge in [0.2, 0.25) is 0 Å². The largest absolute Gasteiger partial charge is 0.478 e. The maximum Gasteiger partial charge on any atom is 0.412 e. The molecule has 1 aliphatic heterocycles. The van der Waals surface area contributed by atoms with Crippen molar-refractivity contribution < 1.29 is 19.4 Å². The molecule has 0 aliphatic carbocycles. The van der Waals surface area contributed by atoms with Crippen LogP contribution in [0.3, 0.4) is 0 Å². The molecule has 1 amide bonds. The molecule has 0 bridgehead atoms. The van der Waals surface area contributed by atoms with Crippen LogP contribution in [0.15, 0.2) is 24.3 Å². The summed E-state index contributed by atoms with van der Waals surface area (Å²) in [5.41, 5.74) is 1.51. The molecule has 5 heteroatoms. The number of aliphatic carboxylic acids is 1. The summed E-state index contributed by atoms with van der Waals surface area (Å²) >= 11 is 0. The zero-order chi connectivity index (χ0) is 13.3. The SMILES string of the molecule is CC1(C)OC(=O)Nc2ccc(/C=C/C(=O)O)cc21. The van der Waals surface area contributed by atoms with Crippen LogP contribution in [-0.2, 0) is 15.1 Å². The Bertz CT molecular complexity index is 546. The first-order valence-electron chi connectivity index (χ1n) is 5.44. The summed E-state index contributed by atoms with van der Waals surface area (Å²) in [5.74, 6) is -1.00. The highest BCUT2D eigenvalue weighted by Gasteiger charge is 2.33. The van der Waals surface area contributed by atoms with Crippen LogP contribution in [0.1, 0.15) is 25.0 Å². The minimum absolute atomic E-state index is 0.485. The zero-order valence-corrected chi connectivity index (χ0v) is 10.1. The third-order valence-electron chi connectivity index (χ3n) is 2.70. The second-order valence-electron chi connectivity index (χ2n) is 4.50. The van der Waals surface area contributed by atoms with E-state index < -0.39 is 17.7 Å². The molecule has 2 N–H and O–H groups in total. The quantitative estimate of drug-likeness (QED) is 0.787. The highest BCUT2D eigenvalue weighted by atomic mass is 16.6. The van der Waals surface area contributed by atoms with Gasteiger partial charge in [0.05, 0.1) is 5.69 Å². The monoisotopic (exact) mass is 247 g/mol. The molecule has 0 radical (unpaired) electrons. The second kappa shape index (κ2) is 4.18. The van der Waals surface area contributed by atoms with Crippen LogP contribution < -0.4 is 5.32 Å². The van der Waals surface area contributed by atoms with E-state index in [0.29, 0.717) is 5.69 Å². The standard InChI is InChI=1S/C13H13NO4/c1-13(2)9-7-8(4-6-11(15)16)3-5-10(9)14-12(17)18-13/h3-7H,1-2H3,(H,14,17)(H,15,16)/b6-4+. The summed E-state index contributed by atoms with van der Waals surface area (Å²) in [4.78, 5) is 21.8. The number of rotatable bonds is 2. The third-order valence-corrected chi connectivity index (χ3v) is 2.70. The van der Waals surface area contributed by atoms with Gasteiger partial charge in [0.25, 0.3) is 0 Å². The molecule has 94 valence electrons. The van der Waals surface area contributed by atoms with Gasteiger partial charge in [0.15, 0.2) is 0 Å². The summed E-state index contributed by atoms with van der Waals surface area (Å²) in [6.07, 6.45) is 2.08. The number of hydrogen-bond acceptors (Lipinski definition) is 3.